The van der Waals surface area contributed by atoms with Gasteiger partial charge >= 0.3 is 5.97 Å². The zero-order valence-electron chi connectivity index (χ0n) is 18.4. The first-order valence-electron chi connectivity index (χ1n) is 11.6. The predicted molar refractivity (Wildman–Crippen MR) is 120 cm³/mol. The van der Waals surface area contributed by atoms with E-state index in [0.29, 0.717) is 6.04 Å². The fraction of sp³-hybridized carbons (Fsp3) is 0.560. The number of benzene rings is 1. The van der Waals surface area contributed by atoms with Crippen molar-refractivity contribution in [3.63, 3.8) is 0 Å². The number of carbonyl (C=O) groups excluding carboxylic acids is 1. The Morgan fingerprint density at radius 2 is 2.13 bits per heavy atom. The molecule has 6 heteroatoms. The van der Waals surface area contributed by atoms with Crippen LogP contribution in [0.4, 0.5) is 11.4 Å². The summed E-state index contributed by atoms with van der Waals surface area (Å²) in [7, 11) is 1.50. The maximum absolute atomic E-state index is 13.0. The summed E-state index contributed by atoms with van der Waals surface area (Å²) in [5, 5.41) is 3.71. The van der Waals surface area contributed by atoms with Gasteiger partial charge in [0.2, 0.25) is 0 Å². The summed E-state index contributed by atoms with van der Waals surface area (Å²) in [5.41, 5.74) is 5.47. The van der Waals surface area contributed by atoms with Crippen LogP contribution in [0, 0.1) is 5.41 Å². The van der Waals surface area contributed by atoms with Crippen molar-refractivity contribution in [3.8, 4) is 0 Å². The van der Waals surface area contributed by atoms with Gasteiger partial charge in [-0.15, -0.1) is 0 Å². The van der Waals surface area contributed by atoms with Gasteiger partial charge < -0.3 is 19.7 Å². The molecule has 0 bridgehead atoms. The van der Waals surface area contributed by atoms with E-state index in [-0.39, 0.29) is 16.8 Å². The molecule has 2 saturated heterocycles. The second-order valence-electron chi connectivity index (χ2n) is 9.58. The first-order chi connectivity index (χ1) is 15.1. The standard InChI is InChI=1S/C25H31N3O3/c1-3-24-7-4-9-28-10-8-25(23(24)28)19-15-17(27-11-13-31-14-12-27)5-6-20(19)26-21(25)18(16-24)22(29)30-2/h4-7,15,23,26H,3,8-14,16H2,1-2H3/t23-,24-,25-/m0/s1. The summed E-state index contributed by atoms with van der Waals surface area (Å²) in [6.07, 6.45) is 7.50. The average molecular weight is 422 g/mol. The molecule has 5 aliphatic rings. The zero-order chi connectivity index (χ0) is 21.2. The number of rotatable bonds is 3. The van der Waals surface area contributed by atoms with Crippen LogP contribution in [-0.4, -0.2) is 63.4 Å². The third-order valence-electron chi connectivity index (χ3n) is 8.42. The number of morpholine rings is 1. The van der Waals surface area contributed by atoms with E-state index in [1.807, 2.05) is 0 Å². The van der Waals surface area contributed by atoms with E-state index >= 15 is 0 Å². The Hall–Kier alpha value is -2.31. The Morgan fingerprint density at radius 1 is 1.29 bits per heavy atom. The van der Waals surface area contributed by atoms with Gasteiger partial charge in [0.25, 0.3) is 0 Å². The molecule has 31 heavy (non-hydrogen) atoms. The average Bonchev–Trinajstić information content (AvgIpc) is 3.38. The number of carbonyl (C=O) groups is 1. The highest BCUT2D eigenvalue weighted by Gasteiger charge is 2.65. The summed E-state index contributed by atoms with van der Waals surface area (Å²) in [4.78, 5) is 18.1. The molecule has 1 aromatic rings. The first kappa shape index (κ1) is 19.4. The zero-order valence-corrected chi connectivity index (χ0v) is 18.4. The van der Waals surface area contributed by atoms with Gasteiger partial charge in [0.1, 0.15) is 0 Å². The van der Waals surface area contributed by atoms with Crippen molar-refractivity contribution in [2.45, 2.75) is 37.6 Å². The number of hydrogen-bond donors (Lipinski definition) is 1. The van der Waals surface area contributed by atoms with Crippen molar-refractivity contribution in [2.75, 3.05) is 56.7 Å². The highest BCUT2D eigenvalue weighted by atomic mass is 16.5. The van der Waals surface area contributed by atoms with Gasteiger partial charge in [-0.3, -0.25) is 4.90 Å². The number of nitrogens with one attached hydrogen (secondary N) is 1. The molecule has 1 N–H and O–H groups in total. The largest absolute Gasteiger partial charge is 0.466 e. The van der Waals surface area contributed by atoms with E-state index in [2.05, 4.69) is 52.4 Å². The SMILES string of the molecule is CC[C@]12C=CCN3CC[C@]4(C(=C(C(=O)OC)C1)Nc1ccc(N5CCOCC5)cc14)[C@@H]32. The summed E-state index contributed by atoms with van der Waals surface area (Å²) in [5.74, 6) is -0.188. The third-order valence-corrected chi connectivity index (χ3v) is 8.42. The fourth-order valence-corrected chi connectivity index (χ4v) is 7.07. The van der Waals surface area contributed by atoms with E-state index in [1.165, 1.54) is 18.4 Å². The molecule has 1 spiro atoms. The summed E-state index contributed by atoms with van der Waals surface area (Å²) < 4.78 is 10.9. The Kier molecular flexibility index (Phi) is 4.28. The molecule has 6 nitrogen and oxygen atoms in total. The van der Waals surface area contributed by atoms with Gasteiger partial charge in [-0.25, -0.2) is 4.79 Å². The fourth-order valence-electron chi connectivity index (χ4n) is 7.07. The van der Waals surface area contributed by atoms with Crippen molar-refractivity contribution < 1.29 is 14.3 Å². The van der Waals surface area contributed by atoms with Crippen molar-refractivity contribution in [1.29, 1.82) is 0 Å². The van der Waals surface area contributed by atoms with Crippen LogP contribution in [0.25, 0.3) is 0 Å². The van der Waals surface area contributed by atoms with E-state index in [9.17, 15) is 4.79 Å². The molecular weight excluding hydrogens is 390 g/mol. The second kappa shape index (κ2) is 6.84. The molecule has 164 valence electrons. The summed E-state index contributed by atoms with van der Waals surface area (Å²) in [6.45, 7) is 7.72. The number of anilines is 2. The quantitative estimate of drug-likeness (QED) is 0.598. The Morgan fingerprint density at radius 3 is 2.90 bits per heavy atom. The van der Waals surface area contributed by atoms with Gasteiger partial charge in [-0.05, 0) is 43.0 Å². The minimum Gasteiger partial charge on any atom is -0.466 e. The Balaban J connectivity index is 1.56. The van der Waals surface area contributed by atoms with E-state index < -0.39 is 0 Å². The molecular formula is C25H31N3O3. The summed E-state index contributed by atoms with van der Waals surface area (Å²) >= 11 is 0. The minimum atomic E-state index is -0.188. The smallest absolute Gasteiger partial charge is 0.335 e. The molecule has 0 amide bonds. The Labute approximate surface area is 183 Å². The molecule has 1 aromatic carbocycles. The highest BCUT2D eigenvalue weighted by Crippen LogP contribution is 2.64. The normalized spacial score (nSPS) is 33.6. The van der Waals surface area contributed by atoms with Crippen molar-refractivity contribution in [2.24, 2.45) is 5.41 Å². The van der Waals surface area contributed by atoms with Crippen LogP contribution < -0.4 is 10.2 Å². The number of nitrogens with zero attached hydrogens (tertiary/aromatic N) is 2. The van der Waals surface area contributed by atoms with Crippen molar-refractivity contribution in [3.05, 3.63) is 47.2 Å². The Bertz CT molecular complexity index is 996. The number of methoxy groups -OCH3 is 1. The van der Waals surface area contributed by atoms with E-state index in [0.717, 1.165) is 75.6 Å². The van der Waals surface area contributed by atoms with Gasteiger partial charge in [-0.2, -0.15) is 0 Å². The minimum absolute atomic E-state index is 0.0416. The summed E-state index contributed by atoms with van der Waals surface area (Å²) in [6, 6.07) is 7.18. The van der Waals surface area contributed by atoms with Crippen LogP contribution in [0.5, 0.6) is 0 Å². The van der Waals surface area contributed by atoms with Crippen LogP contribution in [0.2, 0.25) is 0 Å². The molecule has 6 rings (SSSR count). The highest BCUT2D eigenvalue weighted by molar-refractivity contribution is 5.93. The first-order valence-corrected chi connectivity index (χ1v) is 11.6. The lowest BCUT2D eigenvalue weighted by Crippen LogP contribution is -2.58. The molecule has 0 unspecified atom stereocenters. The molecule has 4 aliphatic heterocycles. The van der Waals surface area contributed by atoms with Gasteiger partial charge in [0, 0.05) is 54.7 Å². The second-order valence-corrected chi connectivity index (χ2v) is 9.58. The maximum atomic E-state index is 13.0. The number of ether oxygens (including phenoxy) is 2. The molecule has 2 fully saturated rings. The molecule has 3 atom stereocenters. The molecule has 0 saturated carbocycles. The molecule has 1 aliphatic carbocycles. The number of esters is 1. The lowest BCUT2D eigenvalue weighted by molar-refractivity contribution is -0.137. The van der Waals surface area contributed by atoms with Crippen molar-refractivity contribution in [1.82, 2.24) is 4.90 Å². The third kappa shape index (κ3) is 2.49. The molecule has 0 radical (unpaired) electrons. The maximum Gasteiger partial charge on any atom is 0.335 e. The van der Waals surface area contributed by atoms with Gasteiger partial charge in [0.15, 0.2) is 0 Å². The van der Waals surface area contributed by atoms with Crippen molar-refractivity contribution >= 4 is 17.3 Å². The molecule has 4 heterocycles. The predicted octanol–water partition coefficient (Wildman–Crippen LogP) is 3.06. The topological polar surface area (TPSA) is 54.0 Å². The molecule has 0 aromatic heterocycles. The van der Waals surface area contributed by atoms with Crippen LogP contribution >= 0.6 is 0 Å². The van der Waals surface area contributed by atoms with Gasteiger partial charge in [0.05, 0.1) is 31.3 Å². The van der Waals surface area contributed by atoms with Crippen LogP contribution in [-0.2, 0) is 19.7 Å². The van der Waals surface area contributed by atoms with E-state index in [1.54, 1.807) is 0 Å². The monoisotopic (exact) mass is 421 g/mol. The van der Waals surface area contributed by atoms with Crippen LogP contribution in [0.15, 0.2) is 41.6 Å². The van der Waals surface area contributed by atoms with Gasteiger partial charge in [-0.1, -0.05) is 19.1 Å². The number of fused-ring (bicyclic) bond motifs is 1. The van der Waals surface area contributed by atoms with Crippen LogP contribution in [0.3, 0.4) is 0 Å². The van der Waals surface area contributed by atoms with E-state index in [4.69, 9.17) is 9.47 Å². The lowest BCUT2D eigenvalue weighted by Gasteiger charge is -2.53. The number of hydrogen-bond acceptors (Lipinski definition) is 6. The lowest BCUT2D eigenvalue weighted by atomic mass is 9.55. The van der Waals surface area contributed by atoms with Crippen LogP contribution in [0.1, 0.15) is 31.7 Å².